The van der Waals surface area contributed by atoms with Gasteiger partial charge in [-0.05, 0) is 93.4 Å². The summed E-state index contributed by atoms with van der Waals surface area (Å²) in [5.74, 6) is -0.941. The van der Waals surface area contributed by atoms with Gasteiger partial charge >= 0.3 is 11.9 Å². The van der Waals surface area contributed by atoms with Gasteiger partial charge in [0.2, 0.25) is 0 Å². The maximum absolute atomic E-state index is 13.4. The number of fused-ring (bicyclic) bond motifs is 2. The molecule has 0 aliphatic carbocycles. The van der Waals surface area contributed by atoms with E-state index in [2.05, 4.69) is 45.0 Å². The fraction of sp³-hybridized carbons (Fsp3) is 0.0500. The van der Waals surface area contributed by atoms with Crippen LogP contribution >= 0.6 is 31.9 Å². The van der Waals surface area contributed by atoms with Crippen LogP contribution in [0.25, 0.3) is 32.7 Å². The van der Waals surface area contributed by atoms with Gasteiger partial charge in [0.25, 0.3) is 0 Å². The number of carbonyl (C=O) groups is 2. The van der Waals surface area contributed by atoms with Crippen molar-refractivity contribution in [1.82, 2.24) is 0 Å². The van der Waals surface area contributed by atoms with E-state index in [1.54, 1.807) is 60.7 Å². The molecule has 0 radical (unpaired) electrons. The Kier molecular flexibility index (Phi) is 9.29. The van der Waals surface area contributed by atoms with Gasteiger partial charge in [-0.15, -0.1) is 0 Å². The monoisotopic (exact) mass is 730 g/mol. The lowest BCUT2D eigenvalue weighted by Crippen LogP contribution is -2.13. The Morgan fingerprint density at radius 3 is 1.26 bits per heavy atom. The molecule has 0 saturated carbocycles. The summed E-state index contributed by atoms with van der Waals surface area (Å²) < 4.78 is 14.0. The quantitative estimate of drug-likeness (QED) is 0.110. The van der Waals surface area contributed by atoms with E-state index in [1.807, 2.05) is 72.8 Å². The van der Waals surface area contributed by atoms with Crippen molar-refractivity contribution in [3.8, 4) is 11.1 Å². The summed E-state index contributed by atoms with van der Waals surface area (Å²) in [4.78, 5) is 26.7. The van der Waals surface area contributed by atoms with E-state index in [0.29, 0.717) is 11.1 Å². The molecule has 0 spiro atoms. The molecule has 6 aromatic carbocycles. The largest absolute Gasteiger partial charge is 0.450 e. The molecule has 6 rings (SSSR count). The summed E-state index contributed by atoms with van der Waals surface area (Å²) in [5, 5.41) is 3.91. The topological polar surface area (TPSA) is 52.6 Å². The fourth-order valence-electron chi connectivity index (χ4n) is 5.62. The van der Waals surface area contributed by atoms with Crippen LogP contribution in [0.4, 0.5) is 0 Å². The Labute approximate surface area is 284 Å². The predicted octanol–water partition coefficient (Wildman–Crippen LogP) is 11.4. The van der Waals surface area contributed by atoms with Crippen LogP contribution in [0.2, 0.25) is 0 Å². The highest BCUT2D eigenvalue weighted by Crippen LogP contribution is 2.44. The van der Waals surface area contributed by atoms with E-state index in [0.717, 1.165) is 52.7 Å². The summed E-state index contributed by atoms with van der Waals surface area (Å²) in [6.45, 7) is 8.11. The summed E-state index contributed by atoms with van der Waals surface area (Å²) in [5.41, 5.74) is 4.05. The third-order valence-corrected chi connectivity index (χ3v) is 8.90. The van der Waals surface area contributed by atoms with Crippen molar-refractivity contribution in [3.05, 3.63) is 178 Å². The molecule has 6 aromatic rings. The third-order valence-electron chi connectivity index (χ3n) is 7.84. The Balaban J connectivity index is 1.55. The molecule has 0 aliphatic heterocycles. The molecule has 0 N–H and O–H groups in total. The lowest BCUT2D eigenvalue weighted by atomic mass is 9.84. The summed E-state index contributed by atoms with van der Waals surface area (Å²) in [6, 6.07) is 38.2. The first-order valence-corrected chi connectivity index (χ1v) is 16.2. The molecule has 0 aromatic heterocycles. The van der Waals surface area contributed by atoms with Crippen LogP contribution in [0.15, 0.2) is 156 Å². The number of ether oxygens (including phenoxy) is 2. The van der Waals surface area contributed by atoms with Gasteiger partial charge in [0, 0.05) is 20.1 Å². The molecule has 46 heavy (non-hydrogen) atoms. The lowest BCUT2D eigenvalue weighted by Gasteiger charge is -2.25. The number of carbonyl (C=O) groups excluding carboxylic acids is 2. The van der Waals surface area contributed by atoms with Crippen LogP contribution in [0, 0.1) is 0 Å². The molecule has 4 nitrogen and oxygen atoms in total. The van der Waals surface area contributed by atoms with E-state index in [4.69, 9.17) is 9.47 Å². The predicted molar refractivity (Wildman–Crippen MR) is 192 cm³/mol. The minimum atomic E-state index is -0.782. The number of esters is 2. The first-order chi connectivity index (χ1) is 22.4. The Bertz CT molecular complexity index is 1950. The first-order valence-electron chi connectivity index (χ1n) is 14.6. The molecule has 0 heterocycles. The molecule has 0 unspecified atom stereocenters. The maximum atomic E-state index is 13.4. The second kappa shape index (κ2) is 13.7. The highest BCUT2D eigenvalue weighted by Gasteiger charge is 2.27. The fourth-order valence-corrected chi connectivity index (χ4v) is 6.15. The normalized spacial score (nSPS) is 12.3. The molecule has 0 amide bonds. The van der Waals surface area contributed by atoms with Crippen LogP contribution in [0.5, 0.6) is 0 Å². The lowest BCUT2D eigenvalue weighted by molar-refractivity contribution is 0.0381. The third kappa shape index (κ3) is 6.32. The van der Waals surface area contributed by atoms with Crippen molar-refractivity contribution in [2.24, 2.45) is 0 Å². The zero-order valence-electron chi connectivity index (χ0n) is 24.7. The highest BCUT2D eigenvalue weighted by molar-refractivity contribution is 9.10. The smallest absolute Gasteiger partial charge is 0.339 e. The highest BCUT2D eigenvalue weighted by atomic mass is 79.9. The van der Waals surface area contributed by atoms with Crippen molar-refractivity contribution in [2.45, 2.75) is 12.2 Å². The number of hydrogen-bond donors (Lipinski definition) is 0. The molecule has 0 bridgehead atoms. The molecular formula is C40H28Br2O4. The van der Waals surface area contributed by atoms with Gasteiger partial charge in [-0.1, -0.05) is 118 Å². The van der Waals surface area contributed by atoms with Crippen molar-refractivity contribution < 1.29 is 19.1 Å². The van der Waals surface area contributed by atoms with Gasteiger partial charge in [0.15, 0.2) is 0 Å². The van der Waals surface area contributed by atoms with Gasteiger partial charge in [-0.3, -0.25) is 0 Å². The van der Waals surface area contributed by atoms with E-state index in [1.165, 1.54) is 0 Å². The molecule has 6 heteroatoms. The molecular weight excluding hydrogens is 704 g/mol. The van der Waals surface area contributed by atoms with E-state index < -0.39 is 24.1 Å². The van der Waals surface area contributed by atoms with Crippen LogP contribution in [0.1, 0.15) is 44.1 Å². The number of hydrogen-bond acceptors (Lipinski definition) is 4. The van der Waals surface area contributed by atoms with E-state index in [-0.39, 0.29) is 0 Å². The number of benzene rings is 6. The van der Waals surface area contributed by atoms with Gasteiger partial charge in [0.05, 0.1) is 11.1 Å². The standard InChI is InChI=1S/C40H28Br2O4/c1-3-35(45-39(43)27-13-19-29(41)20-14-27)33-23-17-25-9-5-7-11-31(25)37(33)38-32-12-8-6-10-26(32)18-24-34(38)36(4-2)46-40(44)28-15-21-30(42)22-16-28/h3-24,35-36H,1-2H2/t35-,36-/m0/s1. The summed E-state index contributed by atoms with van der Waals surface area (Å²) in [7, 11) is 0. The zero-order chi connectivity index (χ0) is 32.2. The van der Waals surface area contributed by atoms with Crippen LogP contribution in [0.3, 0.4) is 0 Å². The molecule has 0 aliphatic rings. The summed E-state index contributed by atoms with van der Waals surface area (Å²) >= 11 is 6.84. The Hall–Kier alpha value is -4.78. The number of rotatable bonds is 9. The van der Waals surface area contributed by atoms with Gasteiger partial charge in [0.1, 0.15) is 12.2 Å². The number of halogens is 2. The van der Waals surface area contributed by atoms with Crippen molar-refractivity contribution in [3.63, 3.8) is 0 Å². The van der Waals surface area contributed by atoms with Crippen molar-refractivity contribution in [2.75, 3.05) is 0 Å². The SMILES string of the molecule is C=C[C@H](OC(=O)c1ccc(Br)cc1)c1ccc2ccccc2c1-c1c([C@H](C=C)OC(=O)c2ccc(Br)cc2)ccc2ccccc12. The van der Waals surface area contributed by atoms with Crippen LogP contribution < -0.4 is 0 Å². The van der Waals surface area contributed by atoms with E-state index in [9.17, 15) is 9.59 Å². The molecule has 0 fully saturated rings. The first kappa shape index (κ1) is 31.2. The molecule has 0 saturated heterocycles. The van der Waals surface area contributed by atoms with Crippen molar-refractivity contribution >= 4 is 65.3 Å². The van der Waals surface area contributed by atoms with Gasteiger partial charge < -0.3 is 9.47 Å². The molecule has 226 valence electrons. The zero-order valence-corrected chi connectivity index (χ0v) is 27.8. The second-order valence-corrected chi connectivity index (χ2v) is 12.5. The maximum Gasteiger partial charge on any atom is 0.339 e. The van der Waals surface area contributed by atoms with Crippen LogP contribution in [-0.2, 0) is 9.47 Å². The van der Waals surface area contributed by atoms with Crippen molar-refractivity contribution in [1.29, 1.82) is 0 Å². The Morgan fingerprint density at radius 1 is 0.522 bits per heavy atom. The second-order valence-electron chi connectivity index (χ2n) is 10.6. The van der Waals surface area contributed by atoms with Gasteiger partial charge in [-0.25, -0.2) is 9.59 Å². The van der Waals surface area contributed by atoms with Gasteiger partial charge in [-0.2, -0.15) is 0 Å². The molecule has 2 atom stereocenters. The average Bonchev–Trinajstić information content (AvgIpc) is 3.09. The van der Waals surface area contributed by atoms with Crippen LogP contribution in [-0.4, -0.2) is 11.9 Å². The minimum absolute atomic E-state index is 0.426. The van der Waals surface area contributed by atoms with E-state index >= 15 is 0 Å². The summed E-state index contributed by atoms with van der Waals surface area (Å²) in [6.07, 6.45) is 1.70. The average molecular weight is 732 g/mol. The Morgan fingerprint density at radius 2 is 0.891 bits per heavy atom. The minimum Gasteiger partial charge on any atom is -0.450 e.